The molecule has 1 aliphatic rings. The molecule has 20 heavy (non-hydrogen) atoms. The highest BCUT2D eigenvalue weighted by Gasteiger charge is 2.20. The number of likely N-dealkylation sites (N-methyl/N-ethyl adjacent to an activating group) is 1. The largest absolute Gasteiger partial charge is 0.319 e. The predicted octanol–water partition coefficient (Wildman–Crippen LogP) is 1.83. The highest BCUT2D eigenvalue weighted by atomic mass is 15.1. The second kappa shape index (κ2) is 7.77. The van der Waals surface area contributed by atoms with Crippen LogP contribution in [0, 0.1) is 5.92 Å². The van der Waals surface area contributed by atoms with E-state index in [1.54, 1.807) is 0 Å². The fourth-order valence-electron chi connectivity index (χ4n) is 3.19. The fourth-order valence-corrected chi connectivity index (χ4v) is 3.19. The molecule has 1 atom stereocenters. The van der Waals surface area contributed by atoms with Crippen molar-refractivity contribution in [1.82, 2.24) is 15.1 Å². The molecule has 112 valence electrons. The van der Waals surface area contributed by atoms with Gasteiger partial charge in [0.25, 0.3) is 0 Å². The summed E-state index contributed by atoms with van der Waals surface area (Å²) in [4.78, 5) is 4.93. The first-order valence-electron chi connectivity index (χ1n) is 7.77. The first kappa shape index (κ1) is 15.5. The summed E-state index contributed by atoms with van der Waals surface area (Å²) in [5, 5.41) is 3.24. The summed E-state index contributed by atoms with van der Waals surface area (Å²) in [5.41, 5.74) is 2.97. The van der Waals surface area contributed by atoms with Gasteiger partial charge < -0.3 is 15.1 Å². The number of nitrogens with zero attached hydrogens (tertiary/aromatic N) is 2. The summed E-state index contributed by atoms with van der Waals surface area (Å²) in [6, 6.07) is 8.86. The summed E-state index contributed by atoms with van der Waals surface area (Å²) < 4.78 is 0. The summed E-state index contributed by atoms with van der Waals surface area (Å²) in [7, 11) is 6.51. The number of nitrogens with one attached hydrogen (secondary N) is 1. The quantitative estimate of drug-likeness (QED) is 0.819. The van der Waals surface area contributed by atoms with Crippen molar-refractivity contribution < 1.29 is 0 Å². The smallest absolute Gasteiger partial charge is 0.0233 e. The van der Waals surface area contributed by atoms with Crippen molar-refractivity contribution in [1.29, 1.82) is 0 Å². The highest BCUT2D eigenvalue weighted by molar-refractivity contribution is 5.27. The zero-order chi connectivity index (χ0) is 14.4. The van der Waals surface area contributed by atoms with Crippen LogP contribution in [0.1, 0.15) is 17.5 Å². The van der Waals surface area contributed by atoms with E-state index in [1.807, 2.05) is 7.05 Å². The lowest BCUT2D eigenvalue weighted by Crippen LogP contribution is -2.27. The molecule has 1 N–H and O–H groups in total. The van der Waals surface area contributed by atoms with E-state index in [4.69, 9.17) is 0 Å². The second-order valence-corrected chi connectivity index (χ2v) is 6.24. The molecule has 0 aliphatic carbocycles. The third-order valence-corrected chi connectivity index (χ3v) is 4.26. The molecule has 1 aromatic rings. The summed E-state index contributed by atoms with van der Waals surface area (Å²) in [5.74, 6) is 0.842. The van der Waals surface area contributed by atoms with Crippen molar-refractivity contribution in [2.24, 2.45) is 5.92 Å². The van der Waals surface area contributed by atoms with Gasteiger partial charge in [-0.25, -0.2) is 0 Å². The Morgan fingerprint density at radius 3 is 2.70 bits per heavy atom. The number of benzene rings is 1. The lowest BCUT2D eigenvalue weighted by Gasteiger charge is -2.22. The molecule has 1 aliphatic heterocycles. The monoisotopic (exact) mass is 275 g/mol. The maximum absolute atomic E-state index is 3.24. The average molecular weight is 275 g/mol. The average Bonchev–Trinajstić information content (AvgIpc) is 2.83. The Morgan fingerprint density at radius 1 is 1.30 bits per heavy atom. The van der Waals surface area contributed by atoms with Crippen molar-refractivity contribution >= 4 is 0 Å². The maximum atomic E-state index is 3.24. The molecule has 0 aromatic heterocycles. The Kier molecular flexibility index (Phi) is 6.02. The van der Waals surface area contributed by atoms with Crippen LogP contribution in [0.5, 0.6) is 0 Å². The van der Waals surface area contributed by atoms with Gasteiger partial charge in [-0.1, -0.05) is 24.3 Å². The summed E-state index contributed by atoms with van der Waals surface area (Å²) in [6.07, 6.45) is 2.47. The molecule has 0 amide bonds. The Bertz CT molecular complexity index is 405. The molecule has 0 spiro atoms. The molecule has 1 unspecified atom stereocenters. The third kappa shape index (κ3) is 4.58. The van der Waals surface area contributed by atoms with Gasteiger partial charge in [-0.2, -0.15) is 0 Å². The highest BCUT2D eigenvalue weighted by Crippen LogP contribution is 2.17. The molecule has 1 fully saturated rings. The SMILES string of the molecule is CNCCc1ccccc1CN(C)CC1CCN(C)C1. The van der Waals surface area contributed by atoms with E-state index in [0.29, 0.717) is 0 Å². The summed E-state index contributed by atoms with van der Waals surface area (Å²) in [6.45, 7) is 5.85. The van der Waals surface area contributed by atoms with E-state index < -0.39 is 0 Å². The Balaban J connectivity index is 1.88. The van der Waals surface area contributed by atoms with Gasteiger partial charge >= 0.3 is 0 Å². The van der Waals surface area contributed by atoms with Crippen LogP contribution in [0.3, 0.4) is 0 Å². The van der Waals surface area contributed by atoms with E-state index in [9.17, 15) is 0 Å². The molecule has 3 nitrogen and oxygen atoms in total. The first-order valence-corrected chi connectivity index (χ1v) is 7.77. The van der Waals surface area contributed by atoms with E-state index in [-0.39, 0.29) is 0 Å². The maximum Gasteiger partial charge on any atom is 0.0233 e. The molecule has 2 rings (SSSR count). The molecule has 1 heterocycles. The van der Waals surface area contributed by atoms with Gasteiger partial charge in [0.05, 0.1) is 0 Å². The number of hydrogen-bond donors (Lipinski definition) is 1. The fraction of sp³-hybridized carbons (Fsp3) is 0.647. The van der Waals surface area contributed by atoms with Gasteiger partial charge in [0.1, 0.15) is 0 Å². The van der Waals surface area contributed by atoms with Crippen molar-refractivity contribution in [3.8, 4) is 0 Å². The zero-order valence-corrected chi connectivity index (χ0v) is 13.2. The topological polar surface area (TPSA) is 18.5 Å². The molecule has 0 radical (unpaired) electrons. The number of hydrogen-bond acceptors (Lipinski definition) is 3. The van der Waals surface area contributed by atoms with E-state index >= 15 is 0 Å². The minimum Gasteiger partial charge on any atom is -0.319 e. The second-order valence-electron chi connectivity index (χ2n) is 6.24. The molecule has 1 saturated heterocycles. The first-order chi connectivity index (χ1) is 9.69. The van der Waals surface area contributed by atoms with E-state index in [1.165, 1.54) is 37.2 Å². The van der Waals surface area contributed by atoms with Crippen LogP contribution < -0.4 is 5.32 Å². The Morgan fingerprint density at radius 2 is 2.05 bits per heavy atom. The molecule has 1 aromatic carbocycles. The van der Waals surface area contributed by atoms with Gasteiger partial charge in [0.2, 0.25) is 0 Å². The van der Waals surface area contributed by atoms with Crippen LogP contribution >= 0.6 is 0 Å². The van der Waals surface area contributed by atoms with Crippen molar-refractivity contribution in [3.63, 3.8) is 0 Å². The van der Waals surface area contributed by atoms with Gasteiger partial charge in [0.15, 0.2) is 0 Å². The van der Waals surface area contributed by atoms with Gasteiger partial charge in [0, 0.05) is 19.6 Å². The number of rotatable bonds is 7. The molecular weight excluding hydrogens is 246 g/mol. The van der Waals surface area contributed by atoms with Crippen LogP contribution in [0.2, 0.25) is 0 Å². The van der Waals surface area contributed by atoms with Crippen molar-refractivity contribution in [2.75, 3.05) is 47.3 Å². The minimum atomic E-state index is 0.842. The predicted molar refractivity (Wildman–Crippen MR) is 86.0 cm³/mol. The summed E-state index contributed by atoms with van der Waals surface area (Å²) >= 11 is 0. The van der Waals surface area contributed by atoms with Gasteiger partial charge in [-0.15, -0.1) is 0 Å². The third-order valence-electron chi connectivity index (χ3n) is 4.26. The van der Waals surface area contributed by atoms with Crippen LogP contribution in [-0.4, -0.2) is 57.1 Å². The van der Waals surface area contributed by atoms with Gasteiger partial charge in [-0.3, -0.25) is 0 Å². The standard InChI is InChI=1S/C17H29N3/c1-18-10-8-16-6-4-5-7-17(16)14-20(3)13-15-9-11-19(2)12-15/h4-7,15,18H,8-14H2,1-3H3. The Labute approximate surface area is 124 Å². The number of likely N-dealkylation sites (tertiary alicyclic amines) is 1. The Hall–Kier alpha value is -0.900. The lowest BCUT2D eigenvalue weighted by molar-refractivity contribution is 0.266. The van der Waals surface area contributed by atoms with E-state index in [2.05, 4.69) is 53.5 Å². The van der Waals surface area contributed by atoms with Crippen LogP contribution in [0.4, 0.5) is 0 Å². The van der Waals surface area contributed by atoms with Gasteiger partial charge in [-0.05, 0) is 64.1 Å². The molecule has 0 saturated carbocycles. The lowest BCUT2D eigenvalue weighted by atomic mass is 10.0. The zero-order valence-electron chi connectivity index (χ0n) is 13.2. The molecular formula is C17H29N3. The van der Waals surface area contributed by atoms with Crippen molar-refractivity contribution in [3.05, 3.63) is 35.4 Å². The minimum absolute atomic E-state index is 0.842. The van der Waals surface area contributed by atoms with Crippen molar-refractivity contribution in [2.45, 2.75) is 19.4 Å². The van der Waals surface area contributed by atoms with Crippen LogP contribution in [0.25, 0.3) is 0 Å². The normalized spacial score (nSPS) is 19.9. The molecule has 3 heteroatoms. The van der Waals surface area contributed by atoms with Crippen LogP contribution in [-0.2, 0) is 13.0 Å². The van der Waals surface area contributed by atoms with E-state index in [0.717, 1.165) is 25.4 Å². The molecule has 0 bridgehead atoms. The van der Waals surface area contributed by atoms with Crippen LogP contribution in [0.15, 0.2) is 24.3 Å².